The van der Waals surface area contributed by atoms with Crippen molar-refractivity contribution in [1.82, 2.24) is 9.97 Å². The lowest BCUT2D eigenvalue weighted by atomic mass is 9.80. The Hall–Kier alpha value is -3.94. The number of fused-ring (bicyclic) bond motifs is 2. The maximum atomic E-state index is 15.0. The van der Waals surface area contributed by atoms with Crippen molar-refractivity contribution >= 4 is 28.8 Å². The topological polar surface area (TPSA) is 49.3 Å². The summed E-state index contributed by atoms with van der Waals surface area (Å²) in [6, 6.07) is 13.9. The SMILES string of the molecule is Cc1cc(N2C[C@H]3CCN(c4cnc5c(F)c(F)ccc5n4)C[C@H]32)c(-c2ccccc2)c(C=O)c1F. The zero-order valence-corrected chi connectivity index (χ0v) is 19.6. The van der Waals surface area contributed by atoms with Gasteiger partial charge in [-0.05, 0) is 42.7 Å². The molecule has 0 amide bonds. The zero-order chi connectivity index (χ0) is 25.0. The third-order valence-corrected chi connectivity index (χ3v) is 7.42. The number of anilines is 2. The highest BCUT2D eigenvalue weighted by atomic mass is 19.2. The van der Waals surface area contributed by atoms with Gasteiger partial charge in [0, 0.05) is 36.8 Å². The van der Waals surface area contributed by atoms with Gasteiger partial charge >= 0.3 is 0 Å². The van der Waals surface area contributed by atoms with E-state index >= 15 is 0 Å². The Balaban J connectivity index is 1.36. The molecule has 3 aromatic carbocycles. The summed E-state index contributed by atoms with van der Waals surface area (Å²) in [6.45, 7) is 3.91. The summed E-state index contributed by atoms with van der Waals surface area (Å²) >= 11 is 0. The molecule has 0 aliphatic carbocycles. The molecule has 0 N–H and O–H groups in total. The van der Waals surface area contributed by atoms with E-state index in [-0.39, 0.29) is 17.1 Å². The van der Waals surface area contributed by atoms with Gasteiger partial charge in [0.2, 0.25) is 0 Å². The summed E-state index contributed by atoms with van der Waals surface area (Å²) in [6.07, 6.45) is 3.02. The van der Waals surface area contributed by atoms with Crippen molar-refractivity contribution < 1.29 is 18.0 Å². The van der Waals surface area contributed by atoms with Crippen molar-refractivity contribution in [1.29, 1.82) is 0 Å². The Bertz CT molecular complexity index is 1490. The number of aldehydes is 1. The van der Waals surface area contributed by atoms with Crippen LogP contribution < -0.4 is 9.80 Å². The maximum Gasteiger partial charge on any atom is 0.186 e. The van der Waals surface area contributed by atoms with Crippen LogP contribution >= 0.6 is 0 Å². The minimum atomic E-state index is -0.999. The monoisotopic (exact) mass is 488 g/mol. The van der Waals surface area contributed by atoms with Crippen LogP contribution in [-0.2, 0) is 0 Å². The number of hydrogen-bond donors (Lipinski definition) is 0. The quantitative estimate of drug-likeness (QED) is 0.353. The van der Waals surface area contributed by atoms with Gasteiger partial charge in [0.15, 0.2) is 17.9 Å². The van der Waals surface area contributed by atoms with Gasteiger partial charge in [0.05, 0.1) is 23.3 Å². The van der Waals surface area contributed by atoms with Crippen molar-refractivity contribution in [2.75, 3.05) is 29.4 Å². The van der Waals surface area contributed by atoms with Gasteiger partial charge in [-0.15, -0.1) is 0 Å². The molecule has 8 heteroatoms. The molecule has 3 heterocycles. The summed E-state index contributed by atoms with van der Waals surface area (Å²) in [4.78, 5) is 25.0. The molecule has 182 valence electrons. The van der Waals surface area contributed by atoms with Crippen molar-refractivity contribution in [2.24, 2.45) is 5.92 Å². The Kier molecular flexibility index (Phi) is 5.39. The molecule has 4 aromatic rings. The molecule has 6 rings (SSSR count). The average Bonchev–Trinajstić information content (AvgIpc) is 2.89. The number of nitrogens with zero attached hydrogens (tertiary/aromatic N) is 4. The van der Waals surface area contributed by atoms with Gasteiger partial charge in [-0.25, -0.2) is 23.1 Å². The summed E-state index contributed by atoms with van der Waals surface area (Å²) in [5.41, 5.74) is 2.95. The van der Waals surface area contributed by atoms with Gasteiger partial charge in [-0.3, -0.25) is 4.79 Å². The zero-order valence-electron chi connectivity index (χ0n) is 19.6. The molecule has 5 nitrogen and oxygen atoms in total. The van der Waals surface area contributed by atoms with Crippen LogP contribution in [0, 0.1) is 30.3 Å². The molecule has 2 saturated heterocycles. The first-order valence-corrected chi connectivity index (χ1v) is 11.9. The van der Waals surface area contributed by atoms with Gasteiger partial charge in [0.25, 0.3) is 0 Å². The number of carbonyl (C=O) groups is 1. The lowest BCUT2D eigenvalue weighted by Crippen LogP contribution is -2.64. The van der Waals surface area contributed by atoms with Crippen LogP contribution in [0.2, 0.25) is 0 Å². The highest BCUT2D eigenvalue weighted by Gasteiger charge is 2.44. The van der Waals surface area contributed by atoms with E-state index in [9.17, 15) is 18.0 Å². The molecule has 2 aliphatic rings. The van der Waals surface area contributed by atoms with Crippen LogP contribution in [0.5, 0.6) is 0 Å². The van der Waals surface area contributed by atoms with Crippen LogP contribution in [0.25, 0.3) is 22.2 Å². The first-order valence-electron chi connectivity index (χ1n) is 11.9. The molecule has 2 fully saturated rings. The van der Waals surface area contributed by atoms with E-state index in [1.54, 1.807) is 6.92 Å². The Morgan fingerprint density at radius 2 is 1.83 bits per heavy atom. The lowest BCUT2D eigenvalue weighted by molar-refractivity contribution is 0.112. The number of rotatable bonds is 4. The van der Waals surface area contributed by atoms with Crippen LogP contribution in [0.4, 0.5) is 24.7 Å². The van der Waals surface area contributed by atoms with Crippen LogP contribution in [0.3, 0.4) is 0 Å². The van der Waals surface area contributed by atoms with Crippen LogP contribution in [0.15, 0.2) is 54.7 Å². The van der Waals surface area contributed by atoms with E-state index < -0.39 is 17.5 Å². The Morgan fingerprint density at radius 3 is 2.61 bits per heavy atom. The molecular formula is C28H23F3N4O. The predicted molar refractivity (Wildman–Crippen MR) is 133 cm³/mol. The fraction of sp³-hybridized carbons (Fsp3) is 0.250. The van der Waals surface area contributed by atoms with E-state index in [2.05, 4.69) is 19.8 Å². The maximum absolute atomic E-state index is 15.0. The number of aromatic nitrogens is 2. The van der Waals surface area contributed by atoms with Crippen molar-refractivity contribution in [3.8, 4) is 11.1 Å². The second kappa shape index (κ2) is 8.62. The molecule has 0 bridgehead atoms. The van der Waals surface area contributed by atoms with Crippen LogP contribution in [0.1, 0.15) is 22.3 Å². The standard InChI is InChI=1S/C28H23F3N4O/c1-16-11-22(25(19(15-36)26(16)30)17-5-3-2-4-6-17)35-13-18-9-10-34(14-23(18)35)24-12-32-28-21(33-24)8-7-20(29)27(28)31/h2-8,11-12,15,18,23H,9-10,13-14H2,1H3/t18-,23-/m1/s1. The van der Waals surface area contributed by atoms with Gasteiger partial charge < -0.3 is 9.80 Å². The van der Waals surface area contributed by atoms with E-state index in [0.29, 0.717) is 41.2 Å². The second-order valence-corrected chi connectivity index (χ2v) is 9.47. The van der Waals surface area contributed by atoms with E-state index in [1.165, 1.54) is 12.3 Å². The molecule has 0 spiro atoms. The normalized spacial score (nSPS) is 19.2. The number of halogens is 3. The average molecular weight is 489 g/mol. The third kappa shape index (κ3) is 3.51. The third-order valence-electron chi connectivity index (χ3n) is 7.42. The van der Waals surface area contributed by atoms with Gasteiger partial charge in [0.1, 0.15) is 17.2 Å². The molecule has 2 aliphatic heterocycles. The highest BCUT2D eigenvalue weighted by molar-refractivity contribution is 5.95. The first kappa shape index (κ1) is 22.5. The van der Waals surface area contributed by atoms with E-state index in [0.717, 1.165) is 36.8 Å². The van der Waals surface area contributed by atoms with E-state index in [1.807, 2.05) is 36.4 Å². The number of piperidine rings is 1. The second-order valence-electron chi connectivity index (χ2n) is 9.47. The van der Waals surface area contributed by atoms with Crippen molar-refractivity contribution in [3.05, 3.63) is 83.3 Å². The lowest BCUT2D eigenvalue weighted by Gasteiger charge is -2.55. The molecule has 0 unspecified atom stereocenters. The number of benzene rings is 3. The molecule has 36 heavy (non-hydrogen) atoms. The van der Waals surface area contributed by atoms with E-state index in [4.69, 9.17) is 0 Å². The molecular weight excluding hydrogens is 465 g/mol. The van der Waals surface area contributed by atoms with Gasteiger partial charge in [-0.1, -0.05) is 30.3 Å². The molecule has 0 radical (unpaired) electrons. The minimum Gasteiger partial charge on any atom is -0.366 e. The Labute approximate surface area is 206 Å². The summed E-state index contributed by atoms with van der Waals surface area (Å²) in [5.74, 6) is -1.39. The van der Waals surface area contributed by atoms with Crippen LogP contribution in [-0.4, -0.2) is 41.9 Å². The largest absolute Gasteiger partial charge is 0.366 e. The first-order chi connectivity index (χ1) is 17.5. The number of carbonyl (C=O) groups excluding carboxylic acids is 1. The fourth-order valence-corrected chi connectivity index (χ4v) is 5.50. The smallest absolute Gasteiger partial charge is 0.186 e. The number of aryl methyl sites for hydroxylation is 1. The predicted octanol–water partition coefficient (Wildman–Crippen LogP) is 5.55. The van der Waals surface area contributed by atoms with Crippen molar-refractivity contribution in [2.45, 2.75) is 19.4 Å². The molecule has 2 atom stereocenters. The van der Waals surface area contributed by atoms with Crippen molar-refractivity contribution in [3.63, 3.8) is 0 Å². The highest BCUT2D eigenvalue weighted by Crippen LogP contribution is 2.44. The molecule has 1 aromatic heterocycles. The summed E-state index contributed by atoms with van der Waals surface area (Å²) < 4.78 is 42.6. The summed E-state index contributed by atoms with van der Waals surface area (Å²) in [5, 5.41) is 0. The number of hydrogen-bond acceptors (Lipinski definition) is 5. The Morgan fingerprint density at radius 1 is 1.03 bits per heavy atom. The summed E-state index contributed by atoms with van der Waals surface area (Å²) in [7, 11) is 0. The molecule has 0 saturated carbocycles. The minimum absolute atomic E-state index is 0.0713. The fourth-order valence-electron chi connectivity index (χ4n) is 5.50. The van der Waals surface area contributed by atoms with Gasteiger partial charge in [-0.2, -0.15) is 0 Å².